The Labute approximate surface area is 85.5 Å². The molecule has 2 unspecified atom stereocenters. The highest BCUT2D eigenvalue weighted by Gasteiger charge is 2.31. The van der Waals surface area contributed by atoms with Gasteiger partial charge in [0.25, 0.3) is 0 Å². The molecule has 0 spiro atoms. The minimum atomic E-state index is 0.310. The molecule has 0 bridgehead atoms. The summed E-state index contributed by atoms with van der Waals surface area (Å²) >= 11 is 0. The molecule has 2 N–H and O–H groups in total. The number of nitrogens with two attached hydrogens (primary N) is 1. The van der Waals surface area contributed by atoms with E-state index in [4.69, 9.17) is 5.73 Å². The summed E-state index contributed by atoms with van der Waals surface area (Å²) in [6, 6.07) is 4.42. The van der Waals surface area contributed by atoms with Crippen LogP contribution in [0.1, 0.15) is 25.3 Å². The summed E-state index contributed by atoms with van der Waals surface area (Å²) in [6.45, 7) is 2.28. The molecule has 1 aliphatic carbocycles. The normalized spacial score (nSPS) is 20.4. The van der Waals surface area contributed by atoms with Gasteiger partial charge in [-0.05, 0) is 48.8 Å². The number of rotatable bonds is 4. The molecule has 0 saturated heterocycles. The molecule has 14 heavy (non-hydrogen) atoms. The Morgan fingerprint density at radius 1 is 1.43 bits per heavy atom. The van der Waals surface area contributed by atoms with E-state index in [2.05, 4.69) is 24.0 Å². The number of aromatic nitrogens is 1. The van der Waals surface area contributed by atoms with Crippen LogP contribution in [-0.2, 0) is 6.42 Å². The van der Waals surface area contributed by atoms with Gasteiger partial charge in [0.1, 0.15) is 0 Å². The third kappa shape index (κ3) is 2.32. The van der Waals surface area contributed by atoms with Crippen molar-refractivity contribution < 1.29 is 0 Å². The van der Waals surface area contributed by atoms with Crippen molar-refractivity contribution in [2.75, 3.05) is 0 Å². The molecule has 1 heterocycles. The number of pyridine rings is 1. The molecule has 1 saturated carbocycles. The van der Waals surface area contributed by atoms with Crippen LogP contribution >= 0.6 is 0 Å². The number of hydrogen-bond donors (Lipinski definition) is 1. The highest BCUT2D eigenvalue weighted by atomic mass is 14.7. The third-order valence-corrected chi connectivity index (χ3v) is 3.26. The third-order valence-electron chi connectivity index (χ3n) is 3.26. The van der Waals surface area contributed by atoms with Crippen LogP contribution in [0, 0.1) is 11.8 Å². The first-order valence-electron chi connectivity index (χ1n) is 5.42. The van der Waals surface area contributed by atoms with E-state index in [0.717, 1.165) is 12.3 Å². The van der Waals surface area contributed by atoms with Crippen LogP contribution in [0.2, 0.25) is 0 Å². The Bertz CT molecular complexity index is 280. The SMILES string of the molecule is CC(C(N)Cc1ccncc1)C1CC1. The quantitative estimate of drug-likeness (QED) is 0.788. The van der Waals surface area contributed by atoms with Gasteiger partial charge in [0, 0.05) is 18.4 Å². The van der Waals surface area contributed by atoms with Crippen LogP contribution in [0.3, 0.4) is 0 Å². The molecule has 76 valence electrons. The lowest BCUT2D eigenvalue weighted by molar-refractivity contribution is 0.404. The van der Waals surface area contributed by atoms with Crippen molar-refractivity contribution in [3.63, 3.8) is 0 Å². The molecule has 1 aromatic rings. The molecular weight excluding hydrogens is 172 g/mol. The summed E-state index contributed by atoms with van der Waals surface area (Å²) in [5.41, 5.74) is 7.48. The van der Waals surface area contributed by atoms with Crippen molar-refractivity contribution in [2.24, 2.45) is 17.6 Å². The monoisotopic (exact) mass is 190 g/mol. The Morgan fingerprint density at radius 2 is 2.07 bits per heavy atom. The molecule has 1 fully saturated rings. The molecule has 2 rings (SSSR count). The minimum Gasteiger partial charge on any atom is -0.327 e. The lowest BCUT2D eigenvalue weighted by Gasteiger charge is -2.19. The summed E-state index contributed by atoms with van der Waals surface area (Å²) in [4.78, 5) is 4.00. The van der Waals surface area contributed by atoms with Gasteiger partial charge in [0.2, 0.25) is 0 Å². The van der Waals surface area contributed by atoms with Gasteiger partial charge in [-0.15, -0.1) is 0 Å². The van der Waals surface area contributed by atoms with E-state index in [1.807, 2.05) is 12.4 Å². The van der Waals surface area contributed by atoms with Gasteiger partial charge in [-0.3, -0.25) is 4.98 Å². The second-order valence-corrected chi connectivity index (χ2v) is 4.42. The van der Waals surface area contributed by atoms with Gasteiger partial charge in [0.05, 0.1) is 0 Å². The van der Waals surface area contributed by atoms with E-state index in [0.29, 0.717) is 12.0 Å². The van der Waals surface area contributed by atoms with Crippen LogP contribution in [0.5, 0.6) is 0 Å². The zero-order chi connectivity index (χ0) is 9.97. The van der Waals surface area contributed by atoms with E-state index >= 15 is 0 Å². The molecule has 1 aromatic heterocycles. The van der Waals surface area contributed by atoms with Crippen molar-refractivity contribution in [3.8, 4) is 0 Å². The Hall–Kier alpha value is -0.890. The van der Waals surface area contributed by atoms with Crippen LogP contribution in [-0.4, -0.2) is 11.0 Å². The van der Waals surface area contributed by atoms with E-state index in [1.165, 1.54) is 18.4 Å². The van der Waals surface area contributed by atoms with Crippen molar-refractivity contribution in [3.05, 3.63) is 30.1 Å². The summed E-state index contributed by atoms with van der Waals surface area (Å²) in [6.07, 6.45) is 7.42. The van der Waals surface area contributed by atoms with E-state index in [1.54, 1.807) is 0 Å². The van der Waals surface area contributed by atoms with Gasteiger partial charge < -0.3 is 5.73 Å². The Kier molecular flexibility index (Phi) is 2.82. The zero-order valence-electron chi connectivity index (χ0n) is 8.69. The first kappa shape index (κ1) is 9.66. The van der Waals surface area contributed by atoms with Gasteiger partial charge in [-0.1, -0.05) is 6.92 Å². The number of hydrogen-bond acceptors (Lipinski definition) is 2. The average Bonchev–Trinajstić information content (AvgIpc) is 3.01. The predicted octanol–water partition coefficient (Wildman–Crippen LogP) is 2.00. The summed E-state index contributed by atoms with van der Waals surface area (Å²) in [5, 5.41) is 0. The van der Waals surface area contributed by atoms with E-state index < -0.39 is 0 Å². The molecule has 0 amide bonds. The first-order valence-corrected chi connectivity index (χ1v) is 5.42. The second-order valence-electron chi connectivity index (χ2n) is 4.42. The molecule has 2 nitrogen and oxygen atoms in total. The molecule has 1 aliphatic rings. The van der Waals surface area contributed by atoms with Gasteiger partial charge in [-0.2, -0.15) is 0 Å². The standard InChI is InChI=1S/C12H18N2/c1-9(11-2-3-11)12(13)8-10-4-6-14-7-5-10/h4-7,9,11-12H,2-3,8,13H2,1H3. The van der Waals surface area contributed by atoms with Crippen molar-refractivity contribution in [2.45, 2.75) is 32.2 Å². The van der Waals surface area contributed by atoms with Crippen LogP contribution < -0.4 is 5.73 Å². The average molecular weight is 190 g/mol. The van der Waals surface area contributed by atoms with E-state index in [9.17, 15) is 0 Å². The highest BCUT2D eigenvalue weighted by Crippen LogP contribution is 2.38. The van der Waals surface area contributed by atoms with Crippen molar-refractivity contribution in [1.29, 1.82) is 0 Å². The Morgan fingerprint density at radius 3 is 2.64 bits per heavy atom. The van der Waals surface area contributed by atoms with Gasteiger partial charge in [-0.25, -0.2) is 0 Å². The largest absolute Gasteiger partial charge is 0.327 e. The smallest absolute Gasteiger partial charge is 0.0270 e. The second kappa shape index (κ2) is 4.09. The predicted molar refractivity (Wildman–Crippen MR) is 57.8 cm³/mol. The molecule has 0 radical (unpaired) electrons. The first-order chi connectivity index (χ1) is 6.77. The summed E-state index contributed by atoms with van der Waals surface area (Å²) in [7, 11) is 0. The van der Waals surface area contributed by atoms with Crippen LogP contribution in [0.4, 0.5) is 0 Å². The molecule has 0 aromatic carbocycles. The zero-order valence-corrected chi connectivity index (χ0v) is 8.69. The maximum Gasteiger partial charge on any atom is 0.0270 e. The molecule has 2 atom stereocenters. The van der Waals surface area contributed by atoms with Crippen LogP contribution in [0.25, 0.3) is 0 Å². The maximum atomic E-state index is 6.17. The van der Waals surface area contributed by atoms with Crippen molar-refractivity contribution >= 4 is 0 Å². The minimum absolute atomic E-state index is 0.310. The van der Waals surface area contributed by atoms with Gasteiger partial charge in [0.15, 0.2) is 0 Å². The molecule has 0 aliphatic heterocycles. The van der Waals surface area contributed by atoms with E-state index in [-0.39, 0.29) is 0 Å². The highest BCUT2D eigenvalue weighted by molar-refractivity contribution is 5.11. The lowest BCUT2D eigenvalue weighted by Crippen LogP contribution is -2.31. The maximum absolute atomic E-state index is 6.17. The van der Waals surface area contributed by atoms with Crippen molar-refractivity contribution in [1.82, 2.24) is 4.98 Å². The summed E-state index contributed by atoms with van der Waals surface area (Å²) in [5.74, 6) is 1.56. The fraction of sp³-hybridized carbons (Fsp3) is 0.583. The molecule has 2 heteroatoms. The Balaban J connectivity index is 1.90. The van der Waals surface area contributed by atoms with Crippen LogP contribution in [0.15, 0.2) is 24.5 Å². The fourth-order valence-corrected chi connectivity index (χ4v) is 1.95. The lowest BCUT2D eigenvalue weighted by atomic mass is 9.92. The number of nitrogens with zero attached hydrogens (tertiary/aromatic N) is 1. The van der Waals surface area contributed by atoms with Gasteiger partial charge >= 0.3 is 0 Å². The topological polar surface area (TPSA) is 38.9 Å². The summed E-state index contributed by atoms with van der Waals surface area (Å²) < 4.78 is 0. The fourth-order valence-electron chi connectivity index (χ4n) is 1.95. The molecular formula is C12H18N2.